The van der Waals surface area contributed by atoms with Crippen LogP contribution in [0.3, 0.4) is 0 Å². The van der Waals surface area contributed by atoms with E-state index in [0.717, 1.165) is 6.07 Å². The molecule has 0 bridgehead atoms. The lowest BCUT2D eigenvalue weighted by Gasteiger charge is -2.21. The Hall–Kier alpha value is -1.53. The molecule has 0 amide bonds. The Bertz CT molecular complexity index is 1250. The van der Waals surface area contributed by atoms with Crippen LogP contribution in [0.5, 0.6) is 11.5 Å². The average Bonchev–Trinajstić information content (AvgIpc) is 3.23. The Morgan fingerprint density at radius 1 is 1.08 bits per heavy atom. The highest BCUT2D eigenvalue weighted by Crippen LogP contribution is 2.39. The summed E-state index contributed by atoms with van der Waals surface area (Å²) in [6, 6.07) is 6.75. The fourth-order valence-electron chi connectivity index (χ4n) is 2.85. The van der Waals surface area contributed by atoms with E-state index < -0.39 is 25.8 Å². The van der Waals surface area contributed by atoms with Crippen molar-refractivity contribution in [1.29, 1.82) is 0 Å². The van der Waals surface area contributed by atoms with Gasteiger partial charge in [-0.2, -0.15) is 0 Å². The molecule has 0 aliphatic rings. The maximum Gasteiger partial charge on any atom is 0.469 e. The van der Waals surface area contributed by atoms with Crippen molar-refractivity contribution < 1.29 is 32.7 Å². The highest BCUT2D eigenvalue weighted by Gasteiger charge is 2.25. The third kappa shape index (κ3) is 8.24. The van der Waals surface area contributed by atoms with Gasteiger partial charge >= 0.3 is 7.82 Å². The molecule has 198 valence electrons. The Labute approximate surface area is 227 Å². The van der Waals surface area contributed by atoms with Crippen LogP contribution < -0.4 is 15.2 Å². The SMILES string of the molecule is CC(C)Oc1ccc(-c2nnc(-c3cc(F)c(OC[C@@H](N)[C@H](C)OP(=O)(O)O)cc3Cl)s2)cc1Cl.Cl. The van der Waals surface area contributed by atoms with E-state index in [1.807, 2.05) is 13.8 Å². The molecule has 0 fully saturated rings. The molecule has 9 nitrogen and oxygen atoms in total. The monoisotopic (exact) mass is 601 g/mol. The van der Waals surface area contributed by atoms with Crippen molar-refractivity contribution >= 4 is 54.8 Å². The van der Waals surface area contributed by atoms with Gasteiger partial charge in [-0.05, 0) is 45.0 Å². The predicted octanol–water partition coefficient (Wildman–Crippen LogP) is 5.73. The molecule has 2 aromatic carbocycles. The zero-order valence-corrected chi connectivity index (χ0v) is 23.3. The molecule has 1 heterocycles. The lowest BCUT2D eigenvalue weighted by atomic mass is 10.2. The minimum atomic E-state index is -4.72. The summed E-state index contributed by atoms with van der Waals surface area (Å²) in [6.45, 7) is 4.89. The maximum absolute atomic E-state index is 14.7. The molecular weight excluding hydrogens is 579 g/mol. The van der Waals surface area contributed by atoms with Crippen molar-refractivity contribution in [2.75, 3.05) is 6.61 Å². The van der Waals surface area contributed by atoms with Gasteiger partial charge in [0.25, 0.3) is 0 Å². The topological polar surface area (TPSA) is 137 Å². The van der Waals surface area contributed by atoms with Crippen LogP contribution in [0.1, 0.15) is 20.8 Å². The second-order valence-electron chi connectivity index (χ2n) is 7.76. The first-order chi connectivity index (χ1) is 16.3. The molecule has 15 heteroatoms. The standard InChI is InChI=1S/C21H23Cl2FN3O6PS.ClH/c1-10(2)32-18-5-4-12(6-15(18)23)20-26-27-21(35-20)13-7-16(24)19(8-14(13)22)31-9-17(25)11(3)33-34(28,29)30;/h4-8,10-11,17H,9,25H2,1-3H3,(H2,28,29,30);1H/t11-,17+;/m0./s1. The lowest BCUT2D eigenvalue weighted by molar-refractivity contribution is 0.106. The van der Waals surface area contributed by atoms with Gasteiger partial charge in [0.05, 0.1) is 28.3 Å². The molecule has 1 aromatic heterocycles. The second kappa shape index (κ2) is 12.8. The molecular formula is C21H24Cl3FN3O6PS. The quantitative estimate of drug-likeness (QED) is 0.248. The number of hydrogen-bond acceptors (Lipinski definition) is 8. The molecule has 2 atom stereocenters. The summed E-state index contributed by atoms with van der Waals surface area (Å²) < 4.78 is 41.1. The molecule has 0 spiro atoms. The molecule has 3 rings (SSSR count). The number of halogens is 4. The van der Waals surface area contributed by atoms with Crippen LogP contribution in [0.25, 0.3) is 21.1 Å². The van der Waals surface area contributed by atoms with Crippen molar-refractivity contribution in [3.05, 3.63) is 46.2 Å². The first-order valence-corrected chi connectivity index (χ1v) is 13.4. The summed E-state index contributed by atoms with van der Waals surface area (Å²) in [7, 11) is -4.72. The van der Waals surface area contributed by atoms with Gasteiger partial charge in [-0.1, -0.05) is 34.5 Å². The smallest absolute Gasteiger partial charge is 0.469 e. The van der Waals surface area contributed by atoms with E-state index in [2.05, 4.69) is 14.7 Å². The first kappa shape index (κ1) is 30.7. The van der Waals surface area contributed by atoms with E-state index in [-0.39, 0.29) is 35.9 Å². The van der Waals surface area contributed by atoms with Gasteiger partial charge in [0.15, 0.2) is 11.6 Å². The number of aromatic nitrogens is 2. The number of phosphoric acid groups is 1. The largest absolute Gasteiger partial charge is 0.489 e. The van der Waals surface area contributed by atoms with Crippen LogP contribution in [-0.2, 0) is 9.09 Å². The number of hydrogen-bond donors (Lipinski definition) is 3. The summed E-state index contributed by atoms with van der Waals surface area (Å²) in [5, 5.41) is 9.81. The van der Waals surface area contributed by atoms with Crippen molar-refractivity contribution in [1.82, 2.24) is 10.2 Å². The van der Waals surface area contributed by atoms with Gasteiger partial charge in [-0.25, -0.2) is 8.96 Å². The molecule has 0 saturated carbocycles. The number of ether oxygens (including phenoxy) is 2. The Balaban J connectivity index is 0.00000456. The molecule has 0 unspecified atom stereocenters. The highest BCUT2D eigenvalue weighted by molar-refractivity contribution is 7.46. The highest BCUT2D eigenvalue weighted by atomic mass is 35.5. The fraction of sp³-hybridized carbons (Fsp3) is 0.333. The molecule has 0 radical (unpaired) electrons. The van der Waals surface area contributed by atoms with E-state index in [1.54, 1.807) is 18.2 Å². The van der Waals surface area contributed by atoms with Gasteiger partial charge < -0.3 is 25.0 Å². The molecule has 0 aliphatic heterocycles. The van der Waals surface area contributed by atoms with Gasteiger partial charge in [-0.3, -0.25) is 4.52 Å². The van der Waals surface area contributed by atoms with Gasteiger partial charge in [0.1, 0.15) is 22.4 Å². The minimum absolute atomic E-state index is 0. The van der Waals surface area contributed by atoms with Gasteiger partial charge in [0, 0.05) is 17.2 Å². The Morgan fingerprint density at radius 2 is 1.75 bits per heavy atom. The molecule has 3 aromatic rings. The van der Waals surface area contributed by atoms with Gasteiger partial charge in [0.2, 0.25) is 0 Å². The van der Waals surface area contributed by atoms with Crippen molar-refractivity contribution in [3.8, 4) is 32.6 Å². The number of rotatable bonds is 10. The van der Waals surface area contributed by atoms with E-state index in [0.29, 0.717) is 31.9 Å². The van der Waals surface area contributed by atoms with Crippen LogP contribution in [0.2, 0.25) is 10.0 Å². The van der Waals surface area contributed by atoms with Crippen LogP contribution in [0.4, 0.5) is 4.39 Å². The van der Waals surface area contributed by atoms with Crippen LogP contribution in [0.15, 0.2) is 30.3 Å². The Morgan fingerprint density at radius 3 is 2.36 bits per heavy atom. The summed E-state index contributed by atoms with van der Waals surface area (Å²) in [6.07, 6.45) is -1.06. The number of nitrogens with zero attached hydrogens (tertiary/aromatic N) is 2. The van der Waals surface area contributed by atoms with Crippen molar-refractivity contribution in [2.24, 2.45) is 5.73 Å². The predicted molar refractivity (Wildman–Crippen MR) is 140 cm³/mol. The molecule has 0 aliphatic carbocycles. The number of nitrogens with two attached hydrogens (primary N) is 1. The summed E-state index contributed by atoms with van der Waals surface area (Å²) in [5.74, 6) is -0.358. The summed E-state index contributed by atoms with van der Waals surface area (Å²) >= 11 is 13.9. The molecule has 36 heavy (non-hydrogen) atoms. The minimum Gasteiger partial charge on any atom is -0.489 e. The third-order valence-electron chi connectivity index (χ3n) is 4.56. The first-order valence-electron chi connectivity index (χ1n) is 10.3. The Kier molecular flexibility index (Phi) is 10.9. The van der Waals surface area contributed by atoms with Crippen molar-refractivity contribution in [3.63, 3.8) is 0 Å². The van der Waals surface area contributed by atoms with Crippen molar-refractivity contribution in [2.45, 2.75) is 39.0 Å². The summed E-state index contributed by atoms with van der Waals surface area (Å²) in [5.41, 5.74) is 6.83. The number of phosphoric ester groups is 1. The fourth-order valence-corrected chi connectivity index (χ4v) is 4.84. The average molecular weight is 603 g/mol. The normalized spacial score (nSPS) is 13.3. The van der Waals surface area contributed by atoms with E-state index in [9.17, 15) is 8.96 Å². The van der Waals surface area contributed by atoms with E-state index in [1.165, 1.54) is 24.3 Å². The van der Waals surface area contributed by atoms with Crippen LogP contribution >= 0.6 is 54.8 Å². The summed E-state index contributed by atoms with van der Waals surface area (Å²) in [4.78, 5) is 17.7. The van der Waals surface area contributed by atoms with Gasteiger partial charge in [-0.15, -0.1) is 22.6 Å². The third-order valence-corrected chi connectivity index (χ3v) is 6.78. The maximum atomic E-state index is 14.7. The van der Waals surface area contributed by atoms with Crippen LogP contribution in [-0.4, -0.2) is 44.8 Å². The van der Waals surface area contributed by atoms with E-state index >= 15 is 0 Å². The number of benzene rings is 2. The molecule has 0 saturated heterocycles. The zero-order chi connectivity index (χ0) is 25.9. The molecule has 4 N–H and O–H groups in total. The zero-order valence-electron chi connectivity index (χ0n) is 19.2. The second-order valence-corrected chi connectivity index (χ2v) is 10.7. The lowest BCUT2D eigenvalue weighted by Crippen LogP contribution is -2.39. The van der Waals surface area contributed by atoms with E-state index in [4.69, 9.17) is 48.2 Å². The van der Waals surface area contributed by atoms with Crippen LogP contribution in [0, 0.1) is 5.82 Å².